The number of carbonyl (C=O) groups is 1. The van der Waals surface area contributed by atoms with Gasteiger partial charge in [-0.25, -0.2) is 0 Å². The lowest BCUT2D eigenvalue weighted by atomic mass is 9.89. The van der Waals surface area contributed by atoms with Crippen molar-refractivity contribution in [3.8, 4) is 6.07 Å². The standard InChI is InChI=1S/C24H24Cl2N2O2/c1-3-6-20(15-27)28-22(16-10-12-18(25)13-11-16)23(17-8-5-9-19(26)14-17)30-21(7-4-2)24(28)29/h4-5,8-14,20-23H,2-3,6-7H2,1H3/t20?,21-,22+,23-/m0/s1. The van der Waals surface area contributed by atoms with Crippen LogP contribution >= 0.6 is 23.2 Å². The highest BCUT2D eigenvalue weighted by molar-refractivity contribution is 6.30. The van der Waals surface area contributed by atoms with Crippen LogP contribution in [0.25, 0.3) is 0 Å². The Labute approximate surface area is 187 Å². The molecule has 0 radical (unpaired) electrons. The molecular formula is C24H24Cl2N2O2. The summed E-state index contributed by atoms with van der Waals surface area (Å²) in [6.07, 6.45) is 2.20. The minimum absolute atomic E-state index is 0.201. The van der Waals surface area contributed by atoms with Gasteiger partial charge in [-0.1, -0.05) is 66.9 Å². The van der Waals surface area contributed by atoms with Gasteiger partial charge in [-0.15, -0.1) is 6.58 Å². The third-order valence-corrected chi connectivity index (χ3v) is 5.73. The second-order valence-electron chi connectivity index (χ2n) is 7.30. The normalized spacial score (nSPS) is 22.4. The lowest BCUT2D eigenvalue weighted by Crippen LogP contribution is -2.54. The summed E-state index contributed by atoms with van der Waals surface area (Å²) in [5.41, 5.74) is 1.70. The summed E-state index contributed by atoms with van der Waals surface area (Å²) in [4.78, 5) is 15.1. The molecule has 2 aromatic carbocycles. The molecular weight excluding hydrogens is 419 g/mol. The van der Waals surface area contributed by atoms with Crippen molar-refractivity contribution in [2.24, 2.45) is 0 Å². The first-order valence-corrected chi connectivity index (χ1v) is 10.7. The van der Waals surface area contributed by atoms with Crippen molar-refractivity contribution < 1.29 is 9.53 Å². The van der Waals surface area contributed by atoms with E-state index in [1.54, 1.807) is 29.2 Å². The molecule has 3 rings (SSSR count). The fraction of sp³-hybridized carbons (Fsp3) is 0.333. The molecule has 1 heterocycles. The molecule has 0 bridgehead atoms. The quantitative estimate of drug-likeness (QED) is 0.474. The highest BCUT2D eigenvalue weighted by atomic mass is 35.5. The molecule has 1 aliphatic rings. The van der Waals surface area contributed by atoms with Crippen molar-refractivity contribution in [1.82, 2.24) is 4.90 Å². The summed E-state index contributed by atoms with van der Waals surface area (Å²) in [6.45, 7) is 5.77. The Kier molecular flexibility index (Phi) is 7.55. The predicted molar refractivity (Wildman–Crippen MR) is 119 cm³/mol. The molecule has 4 nitrogen and oxygen atoms in total. The molecule has 0 saturated carbocycles. The lowest BCUT2D eigenvalue weighted by Gasteiger charge is -2.46. The van der Waals surface area contributed by atoms with Crippen LogP contribution in [0.3, 0.4) is 0 Å². The number of ether oxygens (including phenoxy) is 1. The van der Waals surface area contributed by atoms with Crippen molar-refractivity contribution in [2.45, 2.75) is 50.5 Å². The summed E-state index contributed by atoms with van der Waals surface area (Å²) in [5, 5.41) is 11.1. The smallest absolute Gasteiger partial charge is 0.253 e. The third-order valence-electron chi connectivity index (χ3n) is 5.24. The van der Waals surface area contributed by atoms with E-state index in [0.29, 0.717) is 22.9 Å². The molecule has 2 aromatic rings. The van der Waals surface area contributed by atoms with Crippen LogP contribution in [0.2, 0.25) is 10.0 Å². The molecule has 156 valence electrons. The van der Waals surface area contributed by atoms with Crippen LogP contribution in [-0.2, 0) is 9.53 Å². The zero-order valence-corrected chi connectivity index (χ0v) is 18.3. The SMILES string of the molecule is C=CC[C@@H]1O[C@@H](c2cccc(Cl)c2)[C@@H](c2ccc(Cl)cc2)N(C(C#N)CCC)C1=O. The number of amides is 1. The summed E-state index contributed by atoms with van der Waals surface area (Å²) < 4.78 is 6.32. The highest BCUT2D eigenvalue weighted by Gasteiger charge is 2.46. The van der Waals surface area contributed by atoms with E-state index in [0.717, 1.165) is 17.5 Å². The van der Waals surface area contributed by atoms with Crippen molar-refractivity contribution in [3.05, 3.63) is 82.4 Å². The fourth-order valence-electron chi connectivity index (χ4n) is 3.89. The van der Waals surface area contributed by atoms with Gasteiger partial charge in [-0.3, -0.25) is 4.79 Å². The van der Waals surface area contributed by atoms with E-state index in [1.165, 1.54) is 0 Å². The maximum absolute atomic E-state index is 13.4. The Bertz CT molecular complexity index is 939. The van der Waals surface area contributed by atoms with Gasteiger partial charge in [0.1, 0.15) is 18.2 Å². The Hall–Kier alpha value is -2.32. The van der Waals surface area contributed by atoms with Gasteiger partial charge in [0.25, 0.3) is 5.91 Å². The van der Waals surface area contributed by atoms with Gasteiger partial charge < -0.3 is 9.64 Å². The van der Waals surface area contributed by atoms with E-state index >= 15 is 0 Å². The van der Waals surface area contributed by atoms with Crippen LogP contribution in [0.15, 0.2) is 61.2 Å². The summed E-state index contributed by atoms with van der Waals surface area (Å²) >= 11 is 12.4. The second kappa shape index (κ2) is 10.1. The van der Waals surface area contributed by atoms with E-state index in [2.05, 4.69) is 12.6 Å². The van der Waals surface area contributed by atoms with Crippen LogP contribution in [-0.4, -0.2) is 23.0 Å². The van der Waals surface area contributed by atoms with Crippen molar-refractivity contribution >= 4 is 29.1 Å². The van der Waals surface area contributed by atoms with Gasteiger partial charge in [-0.05, 0) is 41.8 Å². The molecule has 4 atom stereocenters. The molecule has 1 aliphatic heterocycles. The molecule has 30 heavy (non-hydrogen) atoms. The molecule has 0 N–H and O–H groups in total. The van der Waals surface area contributed by atoms with Crippen LogP contribution in [0, 0.1) is 11.3 Å². The summed E-state index contributed by atoms with van der Waals surface area (Å²) in [6, 6.07) is 16.0. The van der Waals surface area contributed by atoms with Crippen LogP contribution in [0.1, 0.15) is 49.5 Å². The van der Waals surface area contributed by atoms with Gasteiger partial charge >= 0.3 is 0 Å². The van der Waals surface area contributed by atoms with Gasteiger partial charge in [0.05, 0.1) is 12.1 Å². The Morgan fingerprint density at radius 1 is 1.20 bits per heavy atom. The zero-order valence-electron chi connectivity index (χ0n) is 16.8. The number of nitrogens with zero attached hydrogens (tertiary/aromatic N) is 2. The van der Waals surface area contributed by atoms with Crippen LogP contribution < -0.4 is 0 Å². The first-order chi connectivity index (χ1) is 14.5. The largest absolute Gasteiger partial charge is 0.358 e. The minimum Gasteiger partial charge on any atom is -0.358 e. The monoisotopic (exact) mass is 442 g/mol. The average Bonchev–Trinajstić information content (AvgIpc) is 2.74. The fourth-order valence-corrected chi connectivity index (χ4v) is 4.22. The van der Waals surface area contributed by atoms with Gasteiger partial charge in [0, 0.05) is 16.5 Å². The number of halogens is 2. The summed E-state index contributed by atoms with van der Waals surface area (Å²) in [5.74, 6) is -0.201. The number of nitriles is 1. The van der Waals surface area contributed by atoms with E-state index in [4.69, 9.17) is 27.9 Å². The maximum Gasteiger partial charge on any atom is 0.253 e. The van der Waals surface area contributed by atoms with Gasteiger partial charge in [0.15, 0.2) is 0 Å². The minimum atomic E-state index is -0.706. The summed E-state index contributed by atoms with van der Waals surface area (Å²) in [7, 11) is 0. The number of hydrogen-bond donors (Lipinski definition) is 0. The van der Waals surface area contributed by atoms with Crippen molar-refractivity contribution in [1.29, 1.82) is 5.26 Å². The Morgan fingerprint density at radius 2 is 1.93 bits per heavy atom. The highest BCUT2D eigenvalue weighted by Crippen LogP contribution is 2.44. The molecule has 1 amide bonds. The number of benzene rings is 2. The molecule has 0 aliphatic carbocycles. The first-order valence-electron chi connectivity index (χ1n) is 9.99. The van der Waals surface area contributed by atoms with Crippen molar-refractivity contribution in [2.75, 3.05) is 0 Å². The van der Waals surface area contributed by atoms with Gasteiger partial charge in [-0.2, -0.15) is 5.26 Å². The lowest BCUT2D eigenvalue weighted by molar-refractivity contribution is -0.176. The zero-order chi connectivity index (χ0) is 21.7. The average molecular weight is 443 g/mol. The number of hydrogen-bond acceptors (Lipinski definition) is 3. The van der Waals surface area contributed by atoms with Crippen LogP contribution in [0.5, 0.6) is 0 Å². The molecule has 0 aromatic heterocycles. The van der Waals surface area contributed by atoms with E-state index < -0.39 is 24.3 Å². The number of rotatable bonds is 7. The van der Waals surface area contributed by atoms with E-state index in [1.807, 2.05) is 37.3 Å². The Balaban J connectivity index is 2.17. The molecule has 1 unspecified atom stereocenters. The molecule has 0 spiro atoms. The van der Waals surface area contributed by atoms with E-state index in [-0.39, 0.29) is 5.91 Å². The topological polar surface area (TPSA) is 53.3 Å². The second-order valence-corrected chi connectivity index (χ2v) is 8.17. The maximum atomic E-state index is 13.4. The Morgan fingerprint density at radius 3 is 2.53 bits per heavy atom. The number of carbonyl (C=O) groups excluding carboxylic acids is 1. The first kappa shape index (κ1) is 22.4. The third kappa shape index (κ3) is 4.70. The van der Waals surface area contributed by atoms with Crippen molar-refractivity contribution in [3.63, 3.8) is 0 Å². The van der Waals surface area contributed by atoms with Gasteiger partial charge in [0.2, 0.25) is 0 Å². The molecule has 1 saturated heterocycles. The number of morpholine rings is 1. The molecule has 1 fully saturated rings. The molecule has 6 heteroatoms. The van der Waals surface area contributed by atoms with E-state index in [9.17, 15) is 10.1 Å². The predicted octanol–water partition coefficient (Wildman–Crippen LogP) is 6.27. The van der Waals surface area contributed by atoms with Crippen LogP contribution in [0.4, 0.5) is 0 Å².